The Morgan fingerprint density at radius 3 is 2.62 bits per heavy atom. The fourth-order valence-electron chi connectivity index (χ4n) is 1.61. The van der Waals surface area contributed by atoms with E-state index in [0.29, 0.717) is 5.56 Å². The van der Waals surface area contributed by atoms with Crippen LogP contribution in [-0.2, 0) is 6.54 Å². The predicted molar refractivity (Wildman–Crippen MR) is 73.8 cm³/mol. The average molecular weight is 309 g/mol. The Morgan fingerprint density at radius 1 is 1.29 bits per heavy atom. The highest BCUT2D eigenvalue weighted by molar-refractivity contribution is 6.33. The van der Waals surface area contributed by atoms with E-state index < -0.39 is 17.7 Å². The van der Waals surface area contributed by atoms with E-state index in [2.05, 4.69) is 10.3 Å². The molecular weight excluding hydrogens is 299 g/mol. The Bertz CT molecular complexity index is 689. The molecule has 0 spiro atoms. The summed E-state index contributed by atoms with van der Waals surface area (Å²) in [5.74, 6) is -2.10. The van der Waals surface area contributed by atoms with Gasteiger partial charge in [0.2, 0.25) is 0 Å². The Hall–Kier alpha value is -2.47. The van der Waals surface area contributed by atoms with Crippen molar-refractivity contribution in [2.45, 2.75) is 6.54 Å². The number of pyridine rings is 1. The summed E-state index contributed by atoms with van der Waals surface area (Å²) in [5, 5.41) is 11.3. The zero-order valence-corrected chi connectivity index (χ0v) is 11.4. The first-order valence-corrected chi connectivity index (χ1v) is 6.26. The molecule has 0 saturated heterocycles. The van der Waals surface area contributed by atoms with E-state index in [9.17, 15) is 14.0 Å². The number of aromatic carboxylic acids is 1. The lowest BCUT2D eigenvalue weighted by molar-refractivity contribution is 0.0690. The molecule has 5 nitrogen and oxygen atoms in total. The number of carboxylic acid groups (broad SMARTS) is 1. The largest absolute Gasteiger partial charge is 0.477 e. The van der Waals surface area contributed by atoms with Crippen LogP contribution in [0.3, 0.4) is 0 Å². The van der Waals surface area contributed by atoms with Crippen LogP contribution in [0.1, 0.15) is 26.4 Å². The number of rotatable bonds is 4. The Labute approximate surface area is 124 Å². The molecule has 1 heterocycles. The summed E-state index contributed by atoms with van der Waals surface area (Å²) in [4.78, 5) is 26.3. The number of hydrogen-bond donors (Lipinski definition) is 2. The first-order chi connectivity index (χ1) is 9.97. The van der Waals surface area contributed by atoms with Crippen molar-refractivity contribution in [1.29, 1.82) is 0 Å². The summed E-state index contributed by atoms with van der Waals surface area (Å²) in [6.45, 7) is 0.152. The minimum atomic E-state index is -1.12. The van der Waals surface area contributed by atoms with Gasteiger partial charge in [0, 0.05) is 12.7 Å². The number of nitrogens with zero attached hydrogens (tertiary/aromatic N) is 1. The first kappa shape index (κ1) is 14.9. The maximum atomic E-state index is 12.9. The zero-order chi connectivity index (χ0) is 15.4. The average Bonchev–Trinajstić information content (AvgIpc) is 2.45. The molecule has 0 aliphatic rings. The minimum Gasteiger partial charge on any atom is -0.477 e. The van der Waals surface area contributed by atoms with Gasteiger partial charge >= 0.3 is 5.97 Å². The Morgan fingerprint density at radius 2 is 2.05 bits per heavy atom. The lowest BCUT2D eigenvalue weighted by Crippen LogP contribution is -2.23. The van der Waals surface area contributed by atoms with E-state index in [1.165, 1.54) is 18.3 Å². The molecule has 0 atom stereocenters. The smallest absolute Gasteiger partial charge is 0.354 e. The standard InChI is InChI=1S/C14H10ClFN2O3/c15-11-5-9(16)2-3-10(11)13(19)18-7-8-1-4-12(14(20)21)17-6-8/h1-6H,7H2,(H,18,19)(H,20,21). The predicted octanol–water partition coefficient (Wildman–Crippen LogP) is 2.50. The van der Waals surface area contributed by atoms with E-state index >= 15 is 0 Å². The van der Waals surface area contributed by atoms with Gasteiger partial charge in [-0.25, -0.2) is 14.2 Å². The number of amides is 1. The van der Waals surface area contributed by atoms with Crippen molar-refractivity contribution >= 4 is 23.5 Å². The zero-order valence-electron chi connectivity index (χ0n) is 10.6. The van der Waals surface area contributed by atoms with Crippen molar-refractivity contribution in [3.05, 3.63) is 64.2 Å². The van der Waals surface area contributed by atoms with Gasteiger partial charge in [-0.1, -0.05) is 17.7 Å². The van der Waals surface area contributed by atoms with Gasteiger partial charge in [0.15, 0.2) is 0 Å². The molecule has 0 radical (unpaired) electrons. The lowest BCUT2D eigenvalue weighted by Gasteiger charge is -2.07. The fraction of sp³-hybridized carbons (Fsp3) is 0.0714. The van der Waals surface area contributed by atoms with Crippen molar-refractivity contribution in [2.24, 2.45) is 0 Å². The van der Waals surface area contributed by atoms with Crippen LogP contribution in [0.4, 0.5) is 4.39 Å². The van der Waals surface area contributed by atoms with Gasteiger partial charge in [-0.2, -0.15) is 0 Å². The fourth-order valence-corrected chi connectivity index (χ4v) is 1.86. The summed E-state index contributed by atoms with van der Waals surface area (Å²) in [5.41, 5.74) is 0.714. The number of nitrogens with one attached hydrogen (secondary N) is 1. The number of aromatic nitrogens is 1. The maximum absolute atomic E-state index is 12.9. The summed E-state index contributed by atoms with van der Waals surface area (Å²) >= 11 is 5.78. The molecule has 2 rings (SSSR count). The van der Waals surface area contributed by atoms with Crippen molar-refractivity contribution in [2.75, 3.05) is 0 Å². The van der Waals surface area contributed by atoms with E-state index in [0.717, 1.165) is 12.1 Å². The second kappa shape index (κ2) is 6.32. The van der Waals surface area contributed by atoms with Crippen LogP contribution in [-0.4, -0.2) is 22.0 Å². The van der Waals surface area contributed by atoms with Gasteiger partial charge < -0.3 is 10.4 Å². The molecule has 0 aliphatic carbocycles. The number of carbonyl (C=O) groups is 2. The molecule has 1 amide bonds. The van der Waals surface area contributed by atoms with Crippen molar-refractivity contribution in [3.63, 3.8) is 0 Å². The minimum absolute atomic E-state index is 0.0202. The van der Waals surface area contributed by atoms with Gasteiger partial charge in [0.1, 0.15) is 11.5 Å². The lowest BCUT2D eigenvalue weighted by atomic mass is 10.2. The molecule has 21 heavy (non-hydrogen) atoms. The van der Waals surface area contributed by atoms with Crippen molar-refractivity contribution < 1.29 is 19.1 Å². The molecule has 1 aromatic carbocycles. The SMILES string of the molecule is O=C(O)c1ccc(CNC(=O)c2ccc(F)cc2Cl)cn1. The molecule has 7 heteroatoms. The number of carbonyl (C=O) groups excluding carboxylic acids is 1. The van der Waals surface area contributed by atoms with Gasteiger partial charge in [-0.05, 0) is 29.8 Å². The summed E-state index contributed by atoms with van der Waals surface area (Å²) < 4.78 is 12.9. The number of carboxylic acids is 1. The van der Waals surface area contributed by atoms with Crippen LogP contribution >= 0.6 is 11.6 Å². The normalized spacial score (nSPS) is 10.2. The molecule has 1 aromatic heterocycles. The third-order valence-corrected chi connectivity index (χ3v) is 2.99. The van der Waals surface area contributed by atoms with Crippen LogP contribution < -0.4 is 5.32 Å². The van der Waals surface area contributed by atoms with Gasteiger partial charge in [0.05, 0.1) is 10.6 Å². The van der Waals surface area contributed by atoms with E-state index in [-0.39, 0.29) is 22.8 Å². The van der Waals surface area contributed by atoms with Crippen LogP contribution in [0.2, 0.25) is 5.02 Å². The molecule has 0 unspecified atom stereocenters. The van der Waals surface area contributed by atoms with Crippen molar-refractivity contribution in [1.82, 2.24) is 10.3 Å². The third kappa shape index (κ3) is 3.76. The Balaban J connectivity index is 2.02. The maximum Gasteiger partial charge on any atom is 0.354 e. The van der Waals surface area contributed by atoms with Crippen LogP contribution in [0.25, 0.3) is 0 Å². The van der Waals surface area contributed by atoms with E-state index in [1.54, 1.807) is 6.07 Å². The highest BCUT2D eigenvalue weighted by Crippen LogP contribution is 2.17. The highest BCUT2D eigenvalue weighted by Gasteiger charge is 2.11. The summed E-state index contributed by atoms with van der Waals surface area (Å²) in [6, 6.07) is 6.38. The first-order valence-electron chi connectivity index (χ1n) is 5.89. The van der Waals surface area contributed by atoms with Crippen LogP contribution in [0.15, 0.2) is 36.5 Å². The third-order valence-electron chi connectivity index (χ3n) is 2.67. The topological polar surface area (TPSA) is 79.3 Å². The van der Waals surface area contributed by atoms with Crippen LogP contribution in [0.5, 0.6) is 0 Å². The number of benzene rings is 1. The van der Waals surface area contributed by atoms with Crippen LogP contribution in [0, 0.1) is 5.82 Å². The van der Waals surface area contributed by atoms with Gasteiger partial charge in [0.25, 0.3) is 5.91 Å². The quantitative estimate of drug-likeness (QED) is 0.909. The monoisotopic (exact) mass is 308 g/mol. The second-order valence-corrected chi connectivity index (χ2v) is 4.57. The molecule has 2 N–H and O–H groups in total. The molecule has 0 fully saturated rings. The number of halogens is 2. The van der Waals surface area contributed by atoms with Gasteiger partial charge in [-0.3, -0.25) is 4.79 Å². The van der Waals surface area contributed by atoms with Crippen molar-refractivity contribution in [3.8, 4) is 0 Å². The summed E-state index contributed by atoms with van der Waals surface area (Å²) in [7, 11) is 0. The Kier molecular flexibility index (Phi) is 4.49. The molecule has 108 valence electrons. The molecule has 0 bridgehead atoms. The second-order valence-electron chi connectivity index (χ2n) is 4.16. The van der Waals surface area contributed by atoms with Gasteiger partial charge in [-0.15, -0.1) is 0 Å². The molecular formula is C14H10ClFN2O3. The highest BCUT2D eigenvalue weighted by atomic mass is 35.5. The van der Waals surface area contributed by atoms with E-state index in [1.807, 2.05) is 0 Å². The molecule has 2 aromatic rings. The molecule has 0 saturated carbocycles. The molecule has 0 aliphatic heterocycles. The number of hydrogen-bond acceptors (Lipinski definition) is 3. The van der Waals surface area contributed by atoms with E-state index in [4.69, 9.17) is 16.7 Å². The summed E-state index contributed by atoms with van der Waals surface area (Å²) in [6.07, 6.45) is 1.36.